The third kappa shape index (κ3) is 10.1. The second-order valence-corrected chi connectivity index (χ2v) is 25.6. The fourth-order valence-electron chi connectivity index (χ4n) is 11.9. The van der Waals surface area contributed by atoms with Crippen LogP contribution < -0.4 is 0 Å². The Morgan fingerprint density at radius 3 is 1.49 bits per heavy atom. The summed E-state index contributed by atoms with van der Waals surface area (Å²) >= 11 is 26.7. The Morgan fingerprint density at radius 1 is 0.523 bits per heavy atom. The van der Waals surface area contributed by atoms with Crippen LogP contribution in [0.2, 0.25) is 0 Å². The molecule has 4 heterocycles. The average molecular weight is 1270 g/mol. The molecule has 0 spiro atoms. The predicted octanol–water partition coefficient (Wildman–Crippen LogP) is 13.2. The molecule has 0 bridgehead atoms. The molecular weight excluding hydrogens is 1220 g/mol. The summed E-state index contributed by atoms with van der Waals surface area (Å²) in [5.41, 5.74) is 3.37. The Kier molecular flexibility index (Phi) is 15.3. The zero-order chi connectivity index (χ0) is 60.3. The van der Waals surface area contributed by atoms with E-state index in [0.29, 0.717) is 78.9 Å². The number of benzene rings is 5. The minimum Gasteiger partial charge on any atom is -0.462 e. The van der Waals surface area contributed by atoms with Gasteiger partial charge in [-0.15, -0.1) is 11.3 Å². The van der Waals surface area contributed by atoms with E-state index in [1.54, 1.807) is 30.3 Å². The average Bonchev–Trinajstić information content (AvgIpc) is 1.37. The van der Waals surface area contributed by atoms with Crippen LogP contribution in [0.3, 0.4) is 0 Å². The van der Waals surface area contributed by atoms with Gasteiger partial charge in [-0.25, -0.2) is 24.2 Å². The first-order valence-corrected chi connectivity index (χ1v) is 31.7. The highest BCUT2D eigenvalue weighted by atomic mass is 32.2. The minimum atomic E-state index is -2.59. The fourth-order valence-corrected chi connectivity index (χ4v) is 15.8. The van der Waals surface area contributed by atoms with E-state index < -0.39 is 58.2 Å². The molecule has 4 unspecified atom stereocenters. The molecule has 6 aromatic rings. The Balaban J connectivity index is 0.903. The highest BCUT2D eigenvalue weighted by molar-refractivity contribution is 8.15. The number of hydrogen-bond acceptors (Lipinski definition) is 18. The van der Waals surface area contributed by atoms with Gasteiger partial charge < -0.3 is 28.4 Å². The molecule has 8 aliphatic rings. The Bertz CT molecular complexity index is 4140. The van der Waals surface area contributed by atoms with Crippen LogP contribution in [0.4, 0.5) is 0 Å². The van der Waals surface area contributed by atoms with Crippen molar-refractivity contribution in [3.63, 3.8) is 0 Å². The van der Waals surface area contributed by atoms with Crippen molar-refractivity contribution >= 4 is 132 Å². The first-order valence-electron chi connectivity index (χ1n) is 28.4. The van der Waals surface area contributed by atoms with Crippen molar-refractivity contribution in [1.29, 1.82) is 0 Å². The van der Waals surface area contributed by atoms with Crippen LogP contribution in [0.15, 0.2) is 233 Å². The molecule has 1 saturated carbocycles. The first kappa shape index (κ1) is 57.3. The normalized spacial score (nSPS) is 21.2. The monoisotopic (exact) mass is 1270 g/mol. The summed E-state index contributed by atoms with van der Waals surface area (Å²) in [5, 5.41) is 0.0670. The molecule has 0 amide bonds. The molecular formula is C70H48N2O10S6. The van der Waals surface area contributed by atoms with Crippen LogP contribution in [0, 0.1) is 11.8 Å². The molecule has 14 rings (SSSR count). The van der Waals surface area contributed by atoms with Crippen molar-refractivity contribution in [2.75, 3.05) is 0 Å². The van der Waals surface area contributed by atoms with Gasteiger partial charge in [-0.1, -0.05) is 231 Å². The quantitative estimate of drug-likeness (QED) is 0.0334. The third-order valence-corrected chi connectivity index (χ3v) is 20.3. The lowest BCUT2D eigenvalue weighted by molar-refractivity contribution is -0.193. The zero-order valence-corrected chi connectivity index (χ0v) is 51.4. The van der Waals surface area contributed by atoms with Gasteiger partial charge >= 0.3 is 35.1 Å². The van der Waals surface area contributed by atoms with Gasteiger partial charge in [-0.3, -0.25) is 4.99 Å². The van der Waals surface area contributed by atoms with Crippen molar-refractivity contribution in [3.8, 4) is 0 Å². The van der Waals surface area contributed by atoms with E-state index in [9.17, 15) is 0 Å². The largest absolute Gasteiger partial charge is 0.462 e. The molecule has 0 N–H and O–H groups in total. The molecule has 1 saturated heterocycles. The van der Waals surface area contributed by atoms with Crippen molar-refractivity contribution in [2.45, 2.75) is 61.8 Å². The number of thiocarbonyl (C=S) groups is 4. The van der Waals surface area contributed by atoms with Crippen molar-refractivity contribution in [3.05, 3.63) is 276 Å². The van der Waals surface area contributed by atoms with Crippen LogP contribution in [0.25, 0.3) is 11.6 Å². The van der Waals surface area contributed by atoms with E-state index in [-0.39, 0.29) is 43.6 Å². The highest BCUT2D eigenvalue weighted by Gasteiger charge is 2.67. The van der Waals surface area contributed by atoms with Crippen LogP contribution in [-0.4, -0.2) is 70.3 Å². The molecule has 2 fully saturated rings. The lowest BCUT2D eigenvalue weighted by Crippen LogP contribution is -2.63. The maximum Gasteiger partial charge on any atom is 0.369 e. The molecule has 3 aliphatic heterocycles. The third-order valence-electron chi connectivity index (χ3n) is 16.3. The highest BCUT2D eigenvalue weighted by Crippen LogP contribution is 2.55. The van der Waals surface area contributed by atoms with Crippen molar-refractivity contribution in [2.24, 2.45) is 16.8 Å². The zero-order valence-electron chi connectivity index (χ0n) is 46.5. The van der Waals surface area contributed by atoms with E-state index in [2.05, 4.69) is 12.2 Å². The number of aromatic nitrogens is 1. The van der Waals surface area contributed by atoms with Gasteiger partial charge in [0, 0.05) is 45.3 Å². The van der Waals surface area contributed by atoms with Gasteiger partial charge in [-0.2, -0.15) is 0 Å². The molecule has 5 aliphatic carbocycles. The Labute approximate surface area is 535 Å². The maximum atomic E-state index is 15.4. The van der Waals surface area contributed by atoms with Crippen LogP contribution in [0.1, 0.15) is 61.8 Å². The molecule has 12 nitrogen and oxygen atoms in total. The lowest BCUT2D eigenvalue weighted by atomic mass is 9.74. The summed E-state index contributed by atoms with van der Waals surface area (Å²) in [6.07, 6.45) is 17.1. The number of thioether (sulfide) groups is 1. The smallest absolute Gasteiger partial charge is 0.369 e. The summed E-state index contributed by atoms with van der Waals surface area (Å²) in [4.78, 5) is 74.4. The Hall–Kier alpha value is -8.49. The number of carbonyl (C=O) groups is 4. The van der Waals surface area contributed by atoms with Crippen molar-refractivity contribution in [1.82, 2.24) is 4.98 Å². The number of rotatable bonds is 14. The second-order valence-electron chi connectivity index (χ2n) is 21.8. The number of nitrogens with zero attached hydrogens (tertiary/aromatic N) is 2. The summed E-state index contributed by atoms with van der Waals surface area (Å²) in [7, 11) is 0. The summed E-state index contributed by atoms with van der Waals surface area (Å²) in [6, 6.07) is 42.9. The number of thiazole rings is 1. The van der Waals surface area contributed by atoms with Gasteiger partial charge in [0.05, 0.1) is 34.6 Å². The molecule has 4 atom stereocenters. The molecule has 88 heavy (non-hydrogen) atoms. The van der Waals surface area contributed by atoms with Crippen LogP contribution in [0.5, 0.6) is 0 Å². The van der Waals surface area contributed by atoms with Gasteiger partial charge in [-0.05, 0) is 70.5 Å². The minimum absolute atomic E-state index is 0.0540. The second kappa shape index (κ2) is 23.6. The maximum absolute atomic E-state index is 15.4. The molecule has 18 heteroatoms. The number of aliphatic imine (C=N–C) groups is 1. The van der Waals surface area contributed by atoms with Crippen molar-refractivity contribution < 1.29 is 47.6 Å². The summed E-state index contributed by atoms with van der Waals surface area (Å²) < 4.78 is 38.5. The fraction of sp³-hybridized carbons (Fsp3) is 0.171. The van der Waals surface area contributed by atoms with E-state index in [1.807, 2.05) is 152 Å². The molecule has 434 valence electrons. The summed E-state index contributed by atoms with van der Waals surface area (Å²) in [5.74, 6) is -4.74. The molecule has 5 aromatic carbocycles. The van der Waals surface area contributed by atoms with E-state index in [1.165, 1.54) is 23.1 Å². The number of esters is 4. The molecule has 1 aromatic heterocycles. The predicted molar refractivity (Wildman–Crippen MR) is 352 cm³/mol. The summed E-state index contributed by atoms with van der Waals surface area (Å²) in [6.45, 7) is -0.755. The number of allylic oxidation sites excluding steroid dienone is 12. The first-order chi connectivity index (χ1) is 42.9. The van der Waals surface area contributed by atoms with Gasteiger partial charge in [0.25, 0.3) is 0 Å². The van der Waals surface area contributed by atoms with Crippen LogP contribution >= 0.6 is 72.0 Å². The van der Waals surface area contributed by atoms with E-state index in [4.69, 9.17) is 87.3 Å². The van der Waals surface area contributed by atoms with E-state index >= 15 is 19.2 Å². The van der Waals surface area contributed by atoms with Gasteiger partial charge in [0.2, 0.25) is 0 Å². The van der Waals surface area contributed by atoms with Gasteiger partial charge in [0.1, 0.15) is 54.7 Å². The standard InChI is InChI=1S/C70H48N2O10S6/c73-65(77-35-39-17-5-1-6-18-39)69(66(74)78-36-40-19-7-2-8-20-40)63-61(87-55(71-63)33-51-57(83)45-25-13-14-26-46(45)58(51)84)49-29-44-32-54-50(30-43(44)31-53(49)81-69)62-64(72-56(88-62)34-52-59(85)47-27-15-16-28-48(47)60(52)86)70(82-54,67(75)79-37-41-21-9-3-10-22-41)68(76)80-38-42-23-11-4-12-24-42/h1-14,17-34,43-44,62,64H,15-16,35-38H2. The lowest BCUT2D eigenvalue weighted by Gasteiger charge is -2.44. The number of ether oxygens (including phenoxy) is 6. The van der Waals surface area contributed by atoms with Gasteiger partial charge in [0.15, 0.2) is 0 Å². The number of fused-ring (bicyclic) bond motifs is 9. The van der Waals surface area contributed by atoms with E-state index in [0.717, 1.165) is 35.1 Å². The SMILES string of the molecule is O=C(OCc1ccccc1)C1(C(=O)OCc2ccccc2)OC2=CC3C=C4C(=CC3C=C2c2sc(C=C3C(=S)c5ccccc5C3=S)nc21)OC(C(=O)OCc1ccccc1)(C(=O)OCc1ccccc1)C1N=C(C=C2C(=S)C3=CCCC=C3C2=S)SC41. The number of hydrogen-bond donors (Lipinski definition) is 0. The Morgan fingerprint density at radius 2 is 0.977 bits per heavy atom. The molecule has 0 radical (unpaired) electrons. The number of carbonyl (C=O) groups excluding carboxylic acids is 4. The topological polar surface area (TPSA) is 149 Å². The van der Waals surface area contributed by atoms with Crippen LogP contribution in [-0.2, 0) is 79.6 Å².